The van der Waals surface area contributed by atoms with Crippen LogP contribution in [0, 0.1) is 5.92 Å². The quantitative estimate of drug-likeness (QED) is 0.551. The second-order valence-electron chi connectivity index (χ2n) is 12.4. The van der Waals surface area contributed by atoms with Crippen molar-refractivity contribution in [2.45, 2.75) is 122 Å². The molecule has 4 rings (SSSR count). The van der Waals surface area contributed by atoms with Crippen molar-refractivity contribution in [3.63, 3.8) is 0 Å². The highest BCUT2D eigenvalue weighted by Crippen LogP contribution is 2.41. The largest absolute Gasteiger partial charge is 0.374 e. The molecule has 3 fully saturated rings. The van der Waals surface area contributed by atoms with E-state index < -0.39 is 0 Å². The average Bonchev–Trinajstić information content (AvgIpc) is 3.36. The van der Waals surface area contributed by atoms with Gasteiger partial charge in [0.25, 0.3) is 0 Å². The van der Waals surface area contributed by atoms with Crippen LogP contribution >= 0.6 is 0 Å². The monoisotopic (exact) mass is 426 g/mol. The average molecular weight is 427 g/mol. The van der Waals surface area contributed by atoms with Crippen LogP contribution in [0.1, 0.15) is 98.1 Å². The van der Waals surface area contributed by atoms with Gasteiger partial charge in [0.2, 0.25) is 0 Å². The van der Waals surface area contributed by atoms with Crippen molar-refractivity contribution in [2.75, 3.05) is 13.1 Å². The molecule has 174 valence electrons. The Morgan fingerprint density at radius 2 is 1.42 bits per heavy atom. The first kappa shape index (κ1) is 23.3. The summed E-state index contributed by atoms with van der Waals surface area (Å²) >= 11 is 0. The first-order valence-corrected chi connectivity index (χ1v) is 12.9. The second kappa shape index (κ2) is 9.15. The molecule has 0 bridgehead atoms. The Morgan fingerprint density at radius 1 is 0.774 bits per heavy atom. The van der Waals surface area contributed by atoms with Gasteiger partial charge in [-0.3, -0.25) is 9.80 Å². The summed E-state index contributed by atoms with van der Waals surface area (Å²) in [5.74, 6) is 0.869. The molecule has 0 amide bonds. The predicted molar refractivity (Wildman–Crippen MR) is 130 cm³/mol. The first-order valence-electron chi connectivity index (χ1n) is 12.9. The van der Waals surface area contributed by atoms with Crippen molar-refractivity contribution in [1.29, 1.82) is 0 Å². The minimum Gasteiger partial charge on any atom is -0.374 e. The van der Waals surface area contributed by atoms with E-state index >= 15 is 0 Å². The molecule has 0 aromatic heterocycles. The lowest BCUT2D eigenvalue weighted by Gasteiger charge is -2.43. The molecular formula is C28H46N2O. The molecule has 2 saturated heterocycles. The normalized spacial score (nSPS) is 33.8. The van der Waals surface area contributed by atoms with Crippen LogP contribution in [-0.4, -0.2) is 52.2 Å². The molecular weight excluding hydrogens is 380 g/mol. The van der Waals surface area contributed by atoms with Crippen LogP contribution in [0.25, 0.3) is 0 Å². The Morgan fingerprint density at radius 3 is 2.03 bits per heavy atom. The smallest absolute Gasteiger partial charge is 0.0724 e. The maximum absolute atomic E-state index is 6.78. The summed E-state index contributed by atoms with van der Waals surface area (Å²) in [5.41, 5.74) is 1.91. The van der Waals surface area contributed by atoms with Crippen LogP contribution in [-0.2, 0) is 4.74 Å². The molecule has 0 spiro atoms. The summed E-state index contributed by atoms with van der Waals surface area (Å²) in [4.78, 5) is 5.46. The molecule has 3 heteroatoms. The zero-order valence-corrected chi connectivity index (χ0v) is 20.9. The third kappa shape index (κ3) is 5.37. The second-order valence-corrected chi connectivity index (χ2v) is 12.4. The SMILES string of the molecule is CC(C)(C)N1CC(OC2CCC(C3CCCN3C(C)(C)C)CC2)CC1c1ccccc1. The summed E-state index contributed by atoms with van der Waals surface area (Å²) in [5, 5.41) is 0. The molecule has 1 aliphatic carbocycles. The maximum Gasteiger partial charge on any atom is 0.0724 e. The summed E-state index contributed by atoms with van der Waals surface area (Å²) in [6.45, 7) is 16.6. The van der Waals surface area contributed by atoms with Crippen molar-refractivity contribution >= 4 is 0 Å². The number of hydrogen-bond acceptors (Lipinski definition) is 3. The van der Waals surface area contributed by atoms with Crippen LogP contribution in [0.15, 0.2) is 30.3 Å². The molecule has 31 heavy (non-hydrogen) atoms. The van der Waals surface area contributed by atoms with E-state index in [1.807, 2.05) is 0 Å². The molecule has 2 aliphatic heterocycles. The van der Waals surface area contributed by atoms with Gasteiger partial charge in [0.1, 0.15) is 0 Å². The van der Waals surface area contributed by atoms with Crippen molar-refractivity contribution in [2.24, 2.45) is 5.92 Å². The minimum atomic E-state index is 0.162. The van der Waals surface area contributed by atoms with Gasteiger partial charge in [0, 0.05) is 29.7 Å². The Labute approximate surface area is 191 Å². The maximum atomic E-state index is 6.78. The fourth-order valence-corrected chi connectivity index (χ4v) is 6.63. The number of rotatable bonds is 4. The molecule has 3 aliphatic rings. The van der Waals surface area contributed by atoms with E-state index in [0.717, 1.165) is 24.9 Å². The van der Waals surface area contributed by atoms with Crippen LogP contribution in [0.5, 0.6) is 0 Å². The minimum absolute atomic E-state index is 0.162. The van der Waals surface area contributed by atoms with Gasteiger partial charge in [-0.25, -0.2) is 0 Å². The van der Waals surface area contributed by atoms with Crippen molar-refractivity contribution < 1.29 is 4.74 Å². The van der Waals surface area contributed by atoms with E-state index in [-0.39, 0.29) is 5.54 Å². The van der Waals surface area contributed by atoms with Crippen LogP contribution in [0.4, 0.5) is 0 Å². The van der Waals surface area contributed by atoms with Gasteiger partial charge in [-0.2, -0.15) is 0 Å². The van der Waals surface area contributed by atoms with Crippen LogP contribution < -0.4 is 0 Å². The third-order valence-corrected chi connectivity index (χ3v) is 8.12. The summed E-state index contributed by atoms with van der Waals surface area (Å²) in [7, 11) is 0. The molecule has 3 atom stereocenters. The van der Waals surface area contributed by atoms with E-state index in [9.17, 15) is 0 Å². The zero-order valence-electron chi connectivity index (χ0n) is 20.9. The number of benzene rings is 1. The van der Waals surface area contributed by atoms with Gasteiger partial charge in [-0.05, 0) is 105 Å². The number of ether oxygens (including phenoxy) is 1. The fourth-order valence-electron chi connectivity index (χ4n) is 6.63. The zero-order chi connectivity index (χ0) is 22.2. The van der Waals surface area contributed by atoms with E-state index in [0.29, 0.717) is 23.8 Å². The number of hydrogen-bond donors (Lipinski definition) is 0. The lowest BCUT2D eigenvalue weighted by Crippen LogP contribution is -2.48. The molecule has 0 radical (unpaired) electrons. The Balaban J connectivity index is 1.33. The summed E-state index contributed by atoms with van der Waals surface area (Å²) in [6.07, 6.45) is 9.92. The van der Waals surface area contributed by atoms with Gasteiger partial charge in [0.05, 0.1) is 12.2 Å². The van der Waals surface area contributed by atoms with Gasteiger partial charge in [-0.1, -0.05) is 30.3 Å². The number of likely N-dealkylation sites (tertiary alicyclic amines) is 2. The van der Waals surface area contributed by atoms with E-state index in [2.05, 4.69) is 81.7 Å². The lowest BCUT2D eigenvalue weighted by molar-refractivity contribution is -0.0429. The van der Waals surface area contributed by atoms with Crippen molar-refractivity contribution in [3.05, 3.63) is 35.9 Å². The van der Waals surface area contributed by atoms with E-state index in [4.69, 9.17) is 4.74 Å². The van der Waals surface area contributed by atoms with Crippen molar-refractivity contribution in [3.8, 4) is 0 Å². The first-order chi connectivity index (χ1) is 14.6. The van der Waals surface area contributed by atoms with Gasteiger partial charge in [-0.15, -0.1) is 0 Å². The Hall–Kier alpha value is -0.900. The highest BCUT2D eigenvalue weighted by Gasteiger charge is 2.42. The lowest BCUT2D eigenvalue weighted by atomic mass is 9.80. The van der Waals surface area contributed by atoms with Gasteiger partial charge < -0.3 is 4.74 Å². The van der Waals surface area contributed by atoms with Gasteiger partial charge >= 0.3 is 0 Å². The molecule has 1 saturated carbocycles. The molecule has 3 nitrogen and oxygen atoms in total. The Bertz CT molecular complexity index is 696. The topological polar surface area (TPSA) is 15.7 Å². The Kier molecular flexibility index (Phi) is 6.87. The molecule has 0 N–H and O–H groups in total. The van der Waals surface area contributed by atoms with E-state index in [1.54, 1.807) is 0 Å². The standard InChI is InChI=1S/C28H46N2O/c1-27(2,3)29-18-10-13-25(29)22-14-16-23(17-15-22)31-24-19-26(21-11-8-7-9-12-21)30(20-24)28(4,5)6/h7-9,11-12,22-26H,10,13-20H2,1-6H3. The fraction of sp³-hybridized carbons (Fsp3) is 0.786. The molecule has 2 heterocycles. The van der Waals surface area contributed by atoms with Crippen LogP contribution in [0.3, 0.4) is 0 Å². The summed E-state index contributed by atoms with van der Waals surface area (Å²) in [6, 6.07) is 12.3. The third-order valence-electron chi connectivity index (χ3n) is 8.12. The molecule has 3 unspecified atom stereocenters. The predicted octanol–water partition coefficient (Wildman–Crippen LogP) is 6.44. The van der Waals surface area contributed by atoms with E-state index in [1.165, 1.54) is 50.6 Å². The van der Waals surface area contributed by atoms with Gasteiger partial charge in [0.15, 0.2) is 0 Å². The summed E-state index contributed by atoms with van der Waals surface area (Å²) < 4.78 is 6.78. The molecule has 1 aromatic rings. The number of nitrogens with zero attached hydrogens (tertiary/aromatic N) is 2. The molecule has 1 aromatic carbocycles. The highest BCUT2D eigenvalue weighted by atomic mass is 16.5. The van der Waals surface area contributed by atoms with Crippen LogP contribution in [0.2, 0.25) is 0 Å². The highest BCUT2D eigenvalue weighted by molar-refractivity contribution is 5.21. The van der Waals surface area contributed by atoms with Crippen molar-refractivity contribution in [1.82, 2.24) is 9.80 Å².